The molecular weight excluding hydrogens is 250 g/mol. The molecule has 1 aliphatic carbocycles. The Morgan fingerprint density at radius 2 is 2.30 bits per heavy atom. The summed E-state index contributed by atoms with van der Waals surface area (Å²) in [4.78, 5) is 7.07. The number of rotatable bonds is 5. The molecule has 4 nitrogen and oxygen atoms in total. The summed E-state index contributed by atoms with van der Waals surface area (Å²) in [6.07, 6.45) is 6.10. The molecule has 110 valence electrons. The van der Waals surface area contributed by atoms with Crippen LogP contribution in [0.15, 0.2) is 12.3 Å². The molecule has 1 saturated heterocycles. The van der Waals surface area contributed by atoms with E-state index in [0.29, 0.717) is 6.10 Å². The lowest BCUT2D eigenvalue weighted by Gasteiger charge is -2.34. The highest BCUT2D eigenvalue weighted by Crippen LogP contribution is 2.23. The van der Waals surface area contributed by atoms with E-state index in [2.05, 4.69) is 30.1 Å². The number of aromatic nitrogens is 1. The summed E-state index contributed by atoms with van der Waals surface area (Å²) in [5.74, 6) is 1.13. The Balaban J connectivity index is 1.66. The van der Waals surface area contributed by atoms with E-state index in [-0.39, 0.29) is 0 Å². The first-order chi connectivity index (χ1) is 9.76. The second-order valence-corrected chi connectivity index (χ2v) is 5.99. The zero-order valence-electron chi connectivity index (χ0n) is 12.6. The molecule has 0 spiro atoms. The van der Waals surface area contributed by atoms with Gasteiger partial charge in [-0.1, -0.05) is 6.92 Å². The molecule has 2 heterocycles. The van der Waals surface area contributed by atoms with Gasteiger partial charge in [0.05, 0.1) is 12.7 Å². The highest BCUT2D eigenvalue weighted by Gasteiger charge is 2.22. The first-order valence-corrected chi connectivity index (χ1v) is 7.81. The number of nitrogens with one attached hydrogen (secondary N) is 1. The van der Waals surface area contributed by atoms with Crippen LogP contribution in [-0.2, 0) is 11.3 Å². The number of hydrogen-bond donors (Lipinski definition) is 1. The van der Waals surface area contributed by atoms with Crippen molar-refractivity contribution in [3.05, 3.63) is 23.4 Å². The molecule has 0 amide bonds. The second-order valence-electron chi connectivity index (χ2n) is 5.99. The average Bonchev–Trinajstić information content (AvgIpc) is 3.29. The van der Waals surface area contributed by atoms with Gasteiger partial charge in [0.25, 0.3) is 0 Å². The predicted octanol–water partition coefficient (Wildman–Crippen LogP) is 2.26. The molecule has 3 rings (SSSR count). The Labute approximate surface area is 121 Å². The molecule has 1 atom stereocenters. The fourth-order valence-electron chi connectivity index (χ4n) is 2.76. The standard InChI is InChI=1S/C16H25N3O/c1-3-15-11-19(6-7-20-15)16-12(2)8-13(10-18-16)9-17-14-4-5-14/h8,10,14-15,17H,3-7,9,11H2,1-2H3. The summed E-state index contributed by atoms with van der Waals surface area (Å²) < 4.78 is 5.73. The van der Waals surface area contributed by atoms with Crippen molar-refractivity contribution < 1.29 is 4.74 Å². The number of hydrogen-bond acceptors (Lipinski definition) is 4. The largest absolute Gasteiger partial charge is 0.375 e. The molecule has 20 heavy (non-hydrogen) atoms. The minimum Gasteiger partial charge on any atom is -0.375 e. The van der Waals surface area contributed by atoms with E-state index in [1.54, 1.807) is 0 Å². The van der Waals surface area contributed by atoms with E-state index in [1.807, 2.05) is 6.20 Å². The molecule has 0 aromatic carbocycles. The van der Waals surface area contributed by atoms with E-state index >= 15 is 0 Å². The van der Waals surface area contributed by atoms with E-state index in [9.17, 15) is 0 Å². The van der Waals surface area contributed by atoms with Gasteiger partial charge in [-0.3, -0.25) is 0 Å². The summed E-state index contributed by atoms with van der Waals surface area (Å²) >= 11 is 0. The van der Waals surface area contributed by atoms with Crippen molar-refractivity contribution in [3.8, 4) is 0 Å². The SMILES string of the molecule is CCC1CN(c2ncc(CNC3CC3)cc2C)CCO1. The fourth-order valence-corrected chi connectivity index (χ4v) is 2.76. The van der Waals surface area contributed by atoms with Gasteiger partial charge in [0.1, 0.15) is 5.82 Å². The highest BCUT2D eigenvalue weighted by atomic mass is 16.5. The van der Waals surface area contributed by atoms with Gasteiger partial charge in [0.15, 0.2) is 0 Å². The van der Waals surface area contributed by atoms with Gasteiger partial charge in [0, 0.05) is 31.9 Å². The third-order valence-corrected chi connectivity index (χ3v) is 4.17. The topological polar surface area (TPSA) is 37.4 Å². The lowest BCUT2D eigenvalue weighted by atomic mass is 10.1. The van der Waals surface area contributed by atoms with Crippen molar-refractivity contribution in [2.24, 2.45) is 0 Å². The average molecular weight is 275 g/mol. The molecule has 4 heteroatoms. The third kappa shape index (κ3) is 3.30. The molecule has 0 radical (unpaired) electrons. The van der Waals surface area contributed by atoms with Gasteiger partial charge in [-0.15, -0.1) is 0 Å². The normalized spacial score (nSPS) is 23.1. The quantitative estimate of drug-likeness (QED) is 0.894. The molecule has 2 fully saturated rings. The Morgan fingerprint density at radius 1 is 1.45 bits per heavy atom. The molecular formula is C16H25N3O. The number of morpholine rings is 1. The second kappa shape index (κ2) is 6.10. The Bertz CT molecular complexity index is 459. The van der Waals surface area contributed by atoms with Crippen LogP contribution in [0.5, 0.6) is 0 Å². The molecule has 1 N–H and O–H groups in total. The van der Waals surface area contributed by atoms with Crippen molar-refractivity contribution >= 4 is 5.82 Å². The van der Waals surface area contributed by atoms with Crippen LogP contribution in [0.4, 0.5) is 5.82 Å². The Hall–Kier alpha value is -1.13. The van der Waals surface area contributed by atoms with Gasteiger partial charge in [-0.05, 0) is 43.4 Å². The predicted molar refractivity (Wildman–Crippen MR) is 81.1 cm³/mol. The minimum atomic E-state index is 0.348. The fraction of sp³-hybridized carbons (Fsp3) is 0.688. The summed E-state index contributed by atoms with van der Waals surface area (Å²) in [5.41, 5.74) is 2.57. The van der Waals surface area contributed by atoms with Crippen LogP contribution in [0.25, 0.3) is 0 Å². The number of nitrogens with zero attached hydrogens (tertiary/aromatic N) is 2. The van der Waals surface area contributed by atoms with Crippen LogP contribution in [-0.4, -0.2) is 36.8 Å². The van der Waals surface area contributed by atoms with Crippen molar-refractivity contribution in [3.63, 3.8) is 0 Å². The van der Waals surface area contributed by atoms with E-state index in [0.717, 1.165) is 44.5 Å². The van der Waals surface area contributed by atoms with Crippen LogP contribution < -0.4 is 10.2 Å². The molecule has 0 bridgehead atoms. The Kier molecular flexibility index (Phi) is 4.22. The summed E-state index contributed by atoms with van der Waals surface area (Å²) in [6, 6.07) is 3.02. The van der Waals surface area contributed by atoms with Gasteiger partial charge in [-0.25, -0.2) is 4.98 Å². The van der Waals surface area contributed by atoms with Crippen LogP contribution in [0.3, 0.4) is 0 Å². The van der Waals surface area contributed by atoms with Gasteiger partial charge >= 0.3 is 0 Å². The molecule has 1 saturated carbocycles. The van der Waals surface area contributed by atoms with Crippen molar-refractivity contribution in [2.45, 2.75) is 51.8 Å². The number of ether oxygens (including phenoxy) is 1. The molecule has 1 aromatic rings. The van der Waals surface area contributed by atoms with E-state index in [4.69, 9.17) is 9.72 Å². The molecule has 1 aliphatic heterocycles. The van der Waals surface area contributed by atoms with Crippen LogP contribution in [0.1, 0.15) is 37.3 Å². The van der Waals surface area contributed by atoms with E-state index in [1.165, 1.54) is 24.0 Å². The lowest BCUT2D eigenvalue weighted by molar-refractivity contribution is 0.0381. The summed E-state index contributed by atoms with van der Waals surface area (Å²) in [7, 11) is 0. The van der Waals surface area contributed by atoms with Crippen molar-refractivity contribution in [2.75, 3.05) is 24.6 Å². The first-order valence-electron chi connectivity index (χ1n) is 7.81. The summed E-state index contributed by atoms with van der Waals surface area (Å²) in [6.45, 7) is 8.01. The van der Waals surface area contributed by atoms with Gasteiger partial charge in [-0.2, -0.15) is 0 Å². The van der Waals surface area contributed by atoms with Crippen LogP contribution in [0, 0.1) is 6.92 Å². The zero-order valence-corrected chi connectivity index (χ0v) is 12.6. The maximum atomic E-state index is 5.73. The monoisotopic (exact) mass is 275 g/mol. The third-order valence-electron chi connectivity index (χ3n) is 4.17. The smallest absolute Gasteiger partial charge is 0.131 e. The van der Waals surface area contributed by atoms with Crippen LogP contribution >= 0.6 is 0 Å². The number of anilines is 1. The van der Waals surface area contributed by atoms with Crippen molar-refractivity contribution in [1.29, 1.82) is 0 Å². The highest BCUT2D eigenvalue weighted by molar-refractivity contribution is 5.47. The van der Waals surface area contributed by atoms with Crippen molar-refractivity contribution in [1.82, 2.24) is 10.3 Å². The minimum absolute atomic E-state index is 0.348. The molecule has 1 unspecified atom stereocenters. The van der Waals surface area contributed by atoms with Gasteiger partial charge < -0.3 is 15.0 Å². The molecule has 1 aromatic heterocycles. The Morgan fingerprint density at radius 3 is 3.00 bits per heavy atom. The van der Waals surface area contributed by atoms with Crippen LogP contribution in [0.2, 0.25) is 0 Å². The van der Waals surface area contributed by atoms with E-state index < -0.39 is 0 Å². The zero-order chi connectivity index (χ0) is 13.9. The maximum Gasteiger partial charge on any atom is 0.131 e. The maximum absolute atomic E-state index is 5.73. The number of aryl methyl sites for hydroxylation is 1. The number of pyridine rings is 1. The molecule has 2 aliphatic rings. The van der Waals surface area contributed by atoms with Gasteiger partial charge in [0.2, 0.25) is 0 Å². The summed E-state index contributed by atoms with van der Waals surface area (Å²) in [5, 5.41) is 3.54. The first kappa shape index (κ1) is 13.8. The lowest BCUT2D eigenvalue weighted by Crippen LogP contribution is -2.43.